The molecule has 1 heterocycles. The van der Waals surface area contributed by atoms with E-state index in [2.05, 4.69) is 16.0 Å². The molecular formula is C22H27N3O4. The molecule has 29 heavy (non-hydrogen) atoms. The van der Waals surface area contributed by atoms with Crippen molar-refractivity contribution in [2.24, 2.45) is 0 Å². The molecule has 0 bridgehead atoms. The van der Waals surface area contributed by atoms with E-state index in [1.54, 1.807) is 24.3 Å². The summed E-state index contributed by atoms with van der Waals surface area (Å²) in [5, 5.41) is 8.63. The van der Waals surface area contributed by atoms with Crippen molar-refractivity contribution < 1.29 is 19.1 Å². The topological polar surface area (TPSA) is 88.7 Å². The maximum Gasteiger partial charge on any atom is 0.251 e. The van der Waals surface area contributed by atoms with Crippen molar-refractivity contribution in [3.05, 3.63) is 54.1 Å². The highest BCUT2D eigenvalue weighted by Gasteiger charge is 2.15. The quantitative estimate of drug-likeness (QED) is 0.605. The summed E-state index contributed by atoms with van der Waals surface area (Å²) in [5.41, 5.74) is 2.06. The van der Waals surface area contributed by atoms with Gasteiger partial charge in [0.05, 0.1) is 12.6 Å². The fraction of sp³-hybridized carbons (Fsp3) is 0.364. The number of carbonyl (C=O) groups excluding carboxylic acids is 2. The van der Waals surface area contributed by atoms with Gasteiger partial charge in [0.25, 0.3) is 5.91 Å². The zero-order valence-corrected chi connectivity index (χ0v) is 16.6. The van der Waals surface area contributed by atoms with Crippen LogP contribution in [0.25, 0.3) is 0 Å². The number of carbonyl (C=O) groups is 2. The van der Waals surface area contributed by atoms with Crippen LogP contribution in [0.3, 0.4) is 0 Å². The molecule has 7 heteroatoms. The Kier molecular flexibility index (Phi) is 7.47. The van der Waals surface area contributed by atoms with Crippen LogP contribution in [0.4, 0.5) is 11.4 Å². The monoisotopic (exact) mass is 397 g/mol. The second kappa shape index (κ2) is 10.5. The number of hydrogen-bond acceptors (Lipinski definition) is 5. The summed E-state index contributed by atoms with van der Waals surface area (Å²) in [6, 6.07) is 14.3. The van der Waals surface area contributed by atoms with Gasteiger partial charge in [-0.25, -0.2) is 0 Å². The first kappa shape index (κ1) is 20.7. The third-order valence-electron chi connectivity index (χ3n) is 4.54. The van der Waals surface area contributed by atoms with Gasteiger partial charge in [0.15, 0.2) is 0 Å². The first-order valence-electron chi connectivity index (χ1n) is 9.90. The third-order valence-corrected chi connectivity index (χ3v) is 4.54. The Labute approximate surface area is 170 Å². The van der Waals surface area contributed by atoms with E-state index in [0.717, 1.165) is 30.9 Å². The predicted octanol–water partition coefficient (Wildman–Crippen LogP) is 3.04. The average Bonchev–Trinajstić information content (AvgIpc) is 3.26. The van der Waals surface area contributed by atoms with Crippen LogP contribution in [-0.4, -0.2) is 44.2 Å². The molecule has 1 fully saturated rings. The largest absolute Gasteiger partial charge is 0.491 e. The van der Waals surface area contributed by atoms with Gasteiger partial charge in [-0.2, -0.15) is 0 Å². The molecule has 1 aliphatic heterocycles. The zero-order valence-electron chi connectivity index (χ0n) is 16.6. The summed E-state index contributed by atoms with van der Waals surface area (Å²) in [6.07, 6.45) is 2.30. The van der Waals surface area contributed by atoms with E-state index in [0.29, 0.717) is 24.4 Å². The van der Waals surface area contributed by atoms with Gasteiger partial charge in [-0.05, 0) is 68.3 Å². The van der Waals surface area contributed by atoms with E-state index < -0.39 is 0 Å². The average molecular weight is 397 g/mol. The van der Waals surface area contributed by atoms with Gasteiger partial charge < -0.3 is 25.4 Å². The Hall–Kier alpha value is -3.06. The highest BCUT2D eigenvalue weighted by atomic mass is 16.5. The van der Waals surface area contributed by atoms with Crippen LogP contribution in [-0.2, 0) is 9.53 Å². The second-order valence-corrected chi connectivity index (χ2v) is 6.81. The molecule has 0 aromatic heterocycles. The number of benzene rings is 2. The van der Waals surface area contributed by atoms with Gasteiger partial charge in [-0.3, -0.25) is 9.59 Å². The summed E-state index contributed by atoms with van der Waals surface area (Å²) >= 11 is 0. The number of rotatable bonds is 9. The van der Waals surface area contributed by atoms with E-state index in [-0.39, 0.29) is 24.5 Å². The summed E-state index contributed by atoms with van der Waals surface area (Å²) in [7, 11) is 0. The van der Waals surface area contributed by atoms with Crippen molar-refractivity contribution in [3.63, 3.8) is 0 Å². The van der Waals surface area contributed by atoms with Gasteiger partial charge in [-0.15, -0.1) is 0 Å². The maximum absolute atomic E-state index is 12.1. The Morgan fingerprint density at radius 3 is 2.45 bits per heavy atom. The fourth-order valence-electron chi connectivity index (χ4n) is 2.99. The minimum Gasteiger partial charge on any atom is -0.491 e. The van der Waals surface area contributed by atoms with E-state index in [1.165, 1.54) is 0 Å². The maximum atomic E-state index is 12.1. The molecule has 0 spiro atoms. The number of hydrogen-bond donors (Lipinski definition) is 3. The van der Waals surface area contributed by atoms with Gasteiger partial charge in [0.2, 0.25) is 5.91 Å². The number of nitrogens with one attached hydrogen (secondary N) is 3. The molecule has 3 rings (SSSR count). The van der Waals surface area contributed by atoms with Gasteiger partial charge in [0.1, 0.15) is 12.4 Å². The smallest absolute Gasteiger partial charge is 0.251 e. The molecule has 0 radical (unpaired) electrons. The number of amides is 2. The lowest BCUT2D eigenvalue weighted by atomic mass is 10.2. The third kappa shape index (κ3) is 6.50. The van der Waals surface area contributed by atoms with Crippen LogP contribution in [0.2, 0.25) is 0 Å². The molecule has 1 atom stereocenters. The Morgan fingerprint density at radius 1 is 1.07 bits per heavy atom. The Balaban J connectivity index is 1.41. The molecular weight excluding hydrogens is 370 g/mol. The normalized spacial score (nSPS) is 15.6. The lowest BCUT2D eigenvalue weighted by Crippen LogP contribution is -2.23. The zero-order chi connectivity index (χ0) is 20.5. The lowest BCUT2D eigenvalue weighted by molar-refractivity contribution is -0.114. The molecule has 2 aromatic carbocycles. The molecule has 1 unspecified atom stereocenters. The van der Waals surface area contributed by atoms with Crippen molar-refractivity contribution in [2.45, 2.75) is 25.9 Å². The van der Waals surface area contributed by atoms with Crippen LogP contribution >= 0.6 is 0 Å². The molecule has 7 nitrogen and oxygen atoms in total. The van der Waals surface area contributed by atoms with Crippen molar-refractivity contribution in [1.82, 2.24) is 5.32 Å². The standard InChI is InChI=1S/C22H27N3O4/c1-2-23-22(27)16-5-7-17(8-6-16)24-14-21(26)25-18-9-11-19(12-10-18)29-15-20-4-3-13-28-20/h5-12,20,24H,2-4,13-15H2,1H3,(H,23,27)(H,25,26). The predicted molar refractivity (Wildman–Crippen MR) is 112 cm³/mol. The summed E-state index contributed by atoms with van der Waals surface area (Å²) in [4.78, 5) is 23.9. The van der Waals surface area contributed by atoms with Gasteiger partial charge >= 0.3 is 0 Å². The second-order valence-electron chi connectivity index (χ2n) is 6.81. The van der Waals surface area contributed by atoms with E-state index >= 15 is 0 Å². The van der Waals surface area contributed by atoms with Crippen LogP contribution < -0.4 is 20.7 Å². The minimum atomic E-state index is -0.161. The summed E-state index contributed by atoms with van der Waals surface area (Å²) < 4.78 is 11.3. The van der Waals surface area contributed by atoms with Crippen LogP contribution in [0, 0.1) is 0 Å². The highest BCUT2D eigenvalue weighted by molar-refractivity contribution is 5.95. The molecule has 1 saturated heterocycles. The fourth-order valence-corrected chi connectivity index (χ4v) is 2.99. The summed E-state index contributed by atoms with van der Waals surface area (Å²) in [5.74, 6) is 0.481. The molecule has 0 saturated carbocycles. The molecule has 154 valence electrons. The van der Waals surface area contributed by atoms with E-state index in [4.69, 9.17) is 9.47 Å². The van der Waals surface area contributed by atoms with Crippen LogP contribution in [0.5, 0.6) is 5.75 Å². The van der Waals surface area contributed by atoms with Crippen LogP contribution in [0.15, 0.2) is 48.5 Å². The van der Waals surface area contributed by atoms with Crippen LogP contribution in [0.1, 0.15) is 30.1 Å². The number of ether oxygens (including phenoxy) is 2. The highest BCUT2D eigenvalue weighted by Crippen LogP contribution is 2.18. The van der Waals surface area contributed by atoms with Crippen molar-refractivity contribution in [2.75, 3.05) is 36.9 Å². The van der Waals surface area contributed by atoms with Crippen molar-refractivity contribution in [1.29, 1.82) is 0 Å². The Bertz CT molecular complexity index is 800. The first-order valence-corrected chi connectivity index (χ1v) is 9.90. The first-order chi connectivity index (χ1) is 14.1. The SMILES string of the molecule is CCNC(=O)c1ccc(NCC(=O)Nc2ccc(OCC3CCCO3)cc2)cc1. The minimum absolute atomic E-state index is 0.111. The van der Waals surface area contributed by atoms with Crippen molar-refractivity contribution >= 4 is 23.2 Å². The van der Waals surface area contributed by atoms with Crippen molar-refractivity contribution in [3.8, 4) is 5.75 Å². The van der Waals surface area contributed by atoms with Gasteiger partial charge in [-0.1, -0.05) is 0 Å². The van der Waals surface area contributed by atoms with E-state index in [1.807, 2.05) is 31.2 Å². The lowest BCUT2D eigenvalue weighted by Gasteiger charge is -2.12. The molecule has 0 aliphatic carbocycles. The molecule has 2 amide bonds. The molecule has 1 aliphatic rings. The summed E-state index contributed by atoms with van der Waals surface area (Å²) in [6.45, 7) is 3.94. The van der Waals surface area contributed by atoms with E-state index in [9.17, 15) is 9.59 Å². The number of anilines is 2. The van der Waals surface area contributed by atoms with Gasteiger partial charge in [0, 0.05) is 30.1 Å². The molecule has 2 aromatic rings. The Morgan fingerprint density at radius 2 is 1.79 bits per heavy atom. The molecule has 3 N–H and O–H groups in total.